The number of thiophene rings is 2. The van der Waals surface area contributed by atoms with Crippen molar-refractivity contribution in [1.82, 2.24) is 4.90 Å². The van der Waals surface area contributed by atoms with E-state index in [-0.39, 0.29) is 12.3 Å². The summed E-state index contributed by atoms with van der Waals surface area (Å²) in [5.41, 5.74) is 5.74. The molecule has 134 valence electrons. The summed E-state index contributed by atoms with van der Waals surface area (Å²) >= 11 is 3.54. The highest BCUT2D eigenvalue weighted by Crippen LogP contribution is 2.35. The molecule has 4 rings (SSSR count). The third-order valence-electron chi connectivity index (χ3n) is 5.25. The third kappa shape index (κ3) is 4.07. The van der Waals surface area contributed by atoms with Crippen molar-refractivity contribution in [2.45, 2.75) is 44.4 Å². The van der Waals surface area contributed by atoms with Gasteiger partial charge in [0.2, 0.25) is 0 Å². The summed E-state index contributed by atoms with van der Waals surface area (Å²) in [6, 6.07) is 4.49. The maximum absolute atomic E-state index is 9.78. The van der Waals surface area contributed by atoms with Crippen molar-refractivity contribution in [3.63, 3.8) is 0 Å². The molecule has 2 atom stereocenters. The summed E-state index contributed by atoms with van der Waals surface area (Å²) in [5, 5.41) is 18.7. The van der Waals surface area contributed by atoms with Crippen LogP contribution in [0.1, 0.15) is 43.2 Å². The maximum atomic E-state index is 9.78. The van der Waals surface area contributed by atoms with Crippen molar-refractivity contribution in [1.29, 1.82) is 0 Å². The molecule has 2 unspecified atom stereocenters. The predicted molar refractivity (Wildman–Crippen MR) is 105 cm³/mol. The van der Waals surface area contributed by atoms with Crippen LogP contribution in [0.4, 0.5) is 0 Å². The quantitative estimate of drug-likeness (QED) is 0.851. The molecule has 4 heterocycles. The van der Waals surface area contributed by atoms with Crippen molar-refractivity contribution >= 4 is 28.2 Å². The van der Waals surface area contributed by atoms with E-state index in [0.717, 1.165) is 45.2 Å². The molecule has 2 aromatic rings. The molecule has 1 N–H and O–H groups in total. The van der Waals surface area contributed by atoms with E-state index in [0.29, 0.717) is 6.61 Å². The Morgan fingerprint density at radius 1 is 1.04 bits per heavy atom. The van der Waals surface area contributed by atoms with Gasteiger partial charge in [-0.25, -0.2) is 0 Å². The normalized spacial score (nSPS) is 25.7. The van der Waals surface area contributed by atoms with Crippen molar-refractivity contribution in [3.8, 4) is 0 Å². The lowest BCUT2D eigenvalue weighted by atomic mass is 9.91. The lowest BCUT2D eigenvalue weighted by Gasteiger charge is -2.35. The van der Waals surface area contributed by atoms with Gasteiger partial charge in [-0.1, -0.05) is 5.57 Å². The summed E-state index contributed by atoms with van der Waals surface area (Å²) in [7, 11) is 0. The number of ether oxygens (including phenoxy) is 1. The standard InChI is InChI=1S/C20H25NO2S2/c22-18-2-1-3-19(23-12-18)21-8-4-15(5-9-21)20(16-6-10-24-13-16)17-7-11-25-14-17/h6-7,10-11,13-14,18-19,22H,1-5,8-9,12H2. The molecule has 2 fully saturated rings. The first-order valence-electron chi connectivity index (χ1n) is 9.12. The van der Waals surface area contributed by atoms with Gasteiger partial charge in [-0.15, -0.1) is 0 Å². The monoisotopic (exact) mass is 375 g/mol. The molecule has 2 saturated heterocycles. The predicted octanol–water partition coefficient (Wildman–Crippen LogP) is 4.59. The van der Waals surface area contributed by atoms with Gasteiger partial charge in [0.05, 0.1) is 12.7 Å². The van der Waals surface area contributed by atoms with Crippen molar-refractivity contribution in [2.24, 2.45) is 0 Å². The Hall–Kier alpha value is -0.980. The van der Waals surface area contributed by atoms with Crippen molar-refractivity contribution in [2.75, 3.05) is 19.7 Å². The molecule has 0 aromatic carbocycles. The zero-order chi connectivity index (χ0) is 17.1. The Morgan fingerprint density at radius 2 is 1.72 bits per heavy atom. The number of piperidine rings is 1. The third-order valence-corrected chi connectivity index (χ3v) is 6.62. The van der Waals surface area contributed by atoms with Crippen LogP contribution in [0.5, 0.6) is 0 Å². The Bertz CT molecular complexity index is 647. The number of nitrogens with zero attached hydrogens (tertiary/aromatic N) is 1. The number of aliphatic hydroxyl groups is 1. The van der Waals surface area contributed by atoms with Crippen LogP contribution in [0.15, 0.2) is 39.2 Å². The first kappa shape index (κ1) is 17.4. The van der Waals surface area contributed by atoms with Gasteiger partial charge in [-0.2, -0.15) is 22.7 Å². The van der Waals surface area contributed by atoms with Gasteiger partial charge in [0.25, 0.3) is 0 Å². The summed E-state index contributed by atoms with van der Waals surface area (Å²) in [6.45, 7) is 2.58. The van der Waals surface area contributed by atoms with Crippen LogP contribution in [-0.2, 0) is 4.74 Å². The zero-order valence-electron chi connectivity index (χ0n) is 14.4. The summed E-state index contributed by atoms with van der Waals surface area (Å²) < 4.78 is 5.96. The van der Waals surface area contributed by atoms with Crippen LogP contribution < -0.4 is 0 Å². The first-order valence-corrected chi connectivity index (χ1v) is 11.0. The van der Waals surface area contributed by atoms with E-state index >= 15 is 0 Å². The summed E-state index contributed by atoms with van der Waals surface area (Å²) in [6.07, 6.45) is 5.07. The number of rotatable bonds is 3. The van der Waals surface area contributed by atoms with Gasteiger partial charge in [0, 0.05) is 13.1 Å². The van der Waals surface area contributed by atoms with Crippen LogP contribution in [0, 0.1) is 0 Å². The molecule has 0 radical (unpaired) electrons. The molecule has 0 bridgehead atoms. The Labute approximate surface area is 157 Å². The average molecular weight is 376 g/mol. The zero-order valence-corrected chi connectivity index (χ0v) is 16.0. The molecule has 2 aliphatic heterocycles. The van der Waals surface area contributed by atoms with Gasteiger partial charge >= 0.3 is 0 Å². The second-order valence-electron chi connectivity index (χ2n) is 6.91. The van der Waals surface area contributed by atoms with Gasteiger partial charge in [0.15, 0.2) is 0 Å². The fraction of sp³-hybridized carbons (Fsp3) is 0.500. The molecule has 0 amide bonds. The number of hydrogen-bond donors (Lipinski definition) is 1. The highest BCUT2D eigenvalue weighted by atomic mass is 32.1. The number of hydrogen-bond acceptors (Lipinski definition) is 5. The largest absolute Gasteiger partial charge is 0.391 e. The van der Waals surface area contributed by atoms with E-state index in [4.69, 9.17) is 4.74 Å². The lowest BCUT2D eigenvalue weighted by Crippen LogP contribution is -2.41. The molecule has 0 saturated carbocycles. The Morgan fingerprint density at radius 3 is 2.32 bits per heavy atom. The SMILES string of the molecule is OC1CCCC(N2CCC(=C(c3ccsc3)c3ccsc3)CC2)OC1. The minimum Gasteiger partial charge on any atom is -0.391 e. The van der Waals surface area contributed by atoms with E-state index in [1.165, 1.54) is 16.7 Å². The molecular weight excluding hydrogens is 350 g/mol. The maximum Gasteiger partial charge on any atom is 0.110 e. The van der Waals surface area contributed by atoms with Gasteiger partial charge in [0.1, 0.15) is 6.23 Å². The van der Waals surface area contributed by atoms with E-state index in [9.17, 15) is 5.11 Å². The fourth-order valence-electron chi connectivity index (χ4n) is 3.93. The Balaban J connectivity index is 1.50. The summed E-state index contributed by atoms with van der Waals surface area (Å²) in [4.78, 5) is 2.47. The molecule has 2 aliphatic rings. The van der Waals surface area contributed by atoms with Gasteiger partial charge in [-0.05, 0) is 82.5 Å². The second kappa shape index (κ2) is 8.14. The molecule has 3 nitrogen and oxygen atoms in total. The molecular formula is C20H25NO2S2. The number of likely N-dealkylation sites (tertiary alicyclic amines) is 1. The van der Waals surface area contributed by atoms with E-state index < -0.39 is 0 Å². The van der Waals surface area contributed by atoms with Gasteiger partial charge < -0.3 is 9.84 Å². The van der Waals surface area contributed by atoms with Crippen molar-refractivity contribution in [3.05, 3.63) is 50.4 Å². The highest BCUT2D eigenvalue weighted by Gasteiger charge is 2.27. The molecule has 0 aliphatic carbocycles. The van der Waals surface area contributed by atoms with Crippen LogP contribution in [0.25, 0.3) is 5.57 Å². The van der Waals surface area contributed by atoms with Crippen molar-refractivity contribution < 1.29 is 9.84 Å². The summed E-state index contributed by atoms with van der Waals surface area (Å²) in [5.74, 6) is 0. The minimum atomic E-state index is -0.283. The van der Waals surface area contributed by atoms with E-state index in [1.807, 2.05) is 0 Å². The van der Waals surface area contributed by atoms with Crippen LogP contribution in [-0.4, -0.2) is 42.0 Å². The van der Waals surface area contributed by atoms with Crippen LogP contribution >= 0.6 is 22.7 Å². The molecule has 0 spiro atoms. The highest BCUT2D eigenvalue weighted by molar-refractivity contribution is 7.08. The second-order valence-corrected chi connectivity index (χ2v) is 8.47. The molecule has 25 heavy (non-hydrogen) atoms. The Kier molecular flexibility index (Phi) is 5.68. The van der Waals surface area contributed by atoms with E-state index in [1.54, 1.807) is 28.2 Å². The topological polar surface area (TPSA) is 32.7 Å². The lowest BCUT2D eigenvalue weighted by molar-refractivity contribution is -0.0794. The van der Waals surface area contributed by atoms with Gasteiger partial charge in [-0.3, -0.25) is 4.90 Å². The first-order chi connectivity index (χ1) is 12.3. The smallest absolute Gasteiger partial charge is 0.110 e. The van der Waals surface area contributed by atoms with Crippen LogP contribution in [0.3, 0.4) is 0 Å². The molecule has 5 heteroatoms. The minimum absolute atomic E-state index is 0.185. The van der Waals surface area contributed by atoms with Crippen LogP contribution in [0.2, 0.25) is 0 Å². The molecule has 2 aromatic heterocycles. The fourth-order valence-corrected chi connectivity index (χ4v) is 5.22. The number of aliphatic hydroxyl groups excluding tert-OH is 1. The van der Waals surface area contributed by atoms with E-state index in [2.05, 4.69) is 38.6 Å². The average Bonchev–Trinajstić information content (AvgIpc) is 3.30.